The third-order valence-corrected chi connectivity index (χ3v) is 11.4. The van der Waals surface area contributed by atoms with E-state index in [9.17, 15) is 19.2 Å². The van der Waals surface area contributed by atoms with Gasteiger partial charge in [-0.25, -0.2) is 0 Å². The maximum atomic E-state index is 13.7. The highest BCUT2D eigenvalue weighted by Gasteiger charge is 2.24. The largest absolute Gasteiger partial charge is 0.497 e. The lowest BCUT2D eigenvalue weighted by Gasteiger charge is -2.18. The summed E-state index contributed by atoms with van der Waals surface area (Å²) in [6, 6.07) is 35.1. The van der Waals surface area contributed by atoms with Crippen molar-refractivity contribution in [3.8, 4) is 32.4 Å². The second-order valence-corrected chi connectivity index (χ2v) is 14.8. The van der Waals surface area contributed by atoms with Crippen molar-refractivity contribution in [2.24, 2.45) is 0 Å². The molecule has 2 heterocycles. The normalized spacial score (nSPS) is 11.4. The summed E-state index contributed by atoms with van der Waals surface area (Å²) in [7, 11) is 3.14. The van der Waals surface area contributed by atoms with E-state index in [-0.39, 0.29) is 37.4 Å². The molecule has 0 aliphatic carbocycles. The number of benzene rings is 4. The van der Waals surface area contributed by atoms with E-state index in [4.69, 9.17) is 18.9 Å². The quantitative estimate of drug-likeness (QED) is 0.0708. The number of carbonyl (C=O) groups is 4. The number of carbonyl (C=O) groups excluding carboxylic acids is 4. The van der Waals surface area contributed by atoms with Crippen molar-refractivity contribution in [3.05, 3.63) is 153 Å². The van der Waals surface area contributed by atoms with E-state index in [1.165, 1.54) is 22.7 Å². The summed E-state index contributed by atoms with van der Waals surface area (Å²) in [6.07, 6.45) is -0.569. The number of hydrogen-bond acceptors (Lipinski definition) is 10. The molecule has 0 aliphatic heterocycles. The van der Waals surface area contributed by atoms with Gasteiger partial charge in [0, 0.05) is 27.3 Å². The molecule has 0 aliphatic rings. The molecule has 0 saturated carbocycles. The topological polar surface area (TPSA) is 105 Å². The van der Waals surface area contributed by atoms with Crippen LogP contribution < -0.4 is 9.47 Å². The lowest BCUT2D eigenvalue weighted by molar-refractivity contribution is -0.147. The fourth-order valence-electron chi connectivity index (χ4n) is 6.22. The lowest BCUT2D eigenvalue weighted by atomic mass is 10.0. The maximum Gasteiger partial charge on any atom is 0.310 e. The predicted molar refractivity (Wildman–Crippen MR) is 216 cm³/mol. The van der Waals surface area contributed by atoms with Gasteiger partial charge < -0.3 is 18.9 Å². The van der Waals surface area contributed by atoms with E-state index >= 15 is 0 Å². The van der Waals surface area contributed by atoms with Crippen LogP contribution in [0.2, 0.25) is 0 Å². The molecule has 6 rings (SSSR count). The van der Waals surface area contributed by atoms with Crippen molar-refractivity contribution in [1.82, 2.24) is 0 Å². The van der Waals surface area contributed by atoms with Crippen LogP contribution in [0.3, 0.4) is 0 Å². The molecule has 0 fully saturated rings. The second kappa shape index (κ2) is 18.0. The third-order valence-electron chi connectivity index (χ3n) is 8.93. The minimum atomic E-state index is -0.733. The molecule has 0 amide bonds. The first-order chi connectivity index (χ1) is 26.7. The average Bonchev–Trinajstić information content (AvgIpc) is 3.82. The van der Waals surface area contributed by atoms with Crippen LogP contribution >= 0.6 is 22.7 Å². The summed E-state index contributed by atoms with van der Waals surface area (Å²) in [5, 5.41) is 0. The number of ketones is 2. The van der Waals surface area contributed by atoms with Crippen molar-refractivity contribution in [3.63, 3.8) is 0 Å². The SMILES string of the molecule is CCOC(=O)Cc1cc(C(=O)c2ccccc2)sc1-c1ccc(OC)c(C(C)OC(=O)Cc2cc(C(=O)Cc3ccccc3)sc2-c2ccc(OC)cc2)c1. The van der Waals surface area contributed by atoms with E-state index in [0.717, 1.165) is 26.4 Å². The number of esters is 2. The van der Waals surface area contributed by atoms with Crippen LogP contribution in [0.15, 0.2) is 115 Å². The summed E-state index contributed by atoms with van der Waals surface area (Å²) in [4.78, 5) is 55.8. The van der Waals surface area contributed by atoms with E-state index in [1.54, 1.807) is 58.4 Å². The Morgan fingerprint density at radius 3 is 1.89 bits per heavy atom. The number of methoxy groups -OCH3 is 2. The zero-order valence-electron chi connectivity index (χ0n) is 31.0. The molecule has 0 N–H and O–H groups in total. The van der Waals surface area contributed by atoms with Crippen LogP contribution in [0.5, 0.6) is 11.5 Å². The van der Waals surface area contributed by atoms with E-state index in [2.05, 4.69) is 0 Å². The highest BCUT2D eigenvalue weighted by atomic mass is 32.1. The molecule has 280 valence electrons. The van der Waals surface area contributed by atoms with Crippen LogP contribution in [0.1, 0.15) is 67.1 Å². The number of hydrogen-bond donors (Lipinski definition) is 0. The Morgan fingerprint density at radius 1 is 0.636 bits per heavy atom. The van der Waals surface area contributed by atoms with Crippen LogP contribution in [-0.4, -0.2) is 44.3 Å². The first-order valence-electron chi connectivity index (χ1n) is 17.8. The smallest absolute Gasteiger partial charge is 0.310 e. The van der Waals surface area contributed by atoms with E-state index in [1.807, 2.05) is 84.9 Å². The van der Waals surface area contributed by atoms with Crippen LogP contribution in [0, 0.1) is 0 Å². The average molecular weight is 773 g/mol. The molecule has 2 aromatic heterocycles. The summed E-state index contributed by atoms with van der Waals surface area (Å²) < 4.78 is 22.3. The number of ether oxygens (including phenoxy) is 4. The molecule has 0 saturated heterocycles. The molecule has 55 heavy (non-hydrogen) atoms. The molecule has 1 atom stereocenters. The van der Waals surface area contributed by atoms with Crippen LogP contribution in [-0.2, 0) is 38.3 Å². The standard InChI is InChI=1S/C45H40O8S2/c1-5-52-41(47)26-34-25-40(43(49)30-14-10-7-11-15-30)55-45(34)32-18-21-38(51-4)36(23-32)28(2)53-42(48)27-33-24-39(37(46)22-29-12-8-6-9-13-29)54-44(33)31-16-19-35(50-3)20-17-31/h6-21,23-25,28H,5,22,26-27H2,1-4H3. The summed E-state index contributed by atoms with van der Waals surface area (Å²) in [6.45, 7) is 3.75. The Morgan fingerprint density at radius 2 is 1.24 bits per heavy atom. The summed E-state index contributed by atoms with van der Waals surface area (Å²) in [5.74, 6) is 0.140. The Bertz CT molecular complexity index is 2290. The fourth-order valence-corrected chi connectivity index (χ4v) is 8.48. The fraction of sp³-hybridized carbons (Fsp3) is 0.200. The van der Waals surface area contributed by atoms with Gasteiger partial charge in [0.2, 0.25) is 5.78 Å². The van der Waals surface area contributed by atoms with Crippen molar-refractivity contribution in [2.75, 3.05) is 20.8 Å². The molecule has 1 unspecified atom stereocenters. The predicted octanol–water partition coefficient (Wildman–Crippen LogP) is 9.77. The first-order valence-corrected chi connectivity index (χ1v) is 19.4. The number of thiophene rings is 2. The summed E-state index contributed by atoms with van der Waals surface area (Å²) >= 11 is 2.65. The lowest BCUT2D eigenvalue weighted by Crippen LogP contribution is -2.12. The molecule has 0 spiro atoms. The van der Waals surface area contributed by atoms with Gasteiger partial charge in [-0.2, -0.15) is 0 Å². The van der Waals surface area contributed by atoms with E-state index < -0.39 is 18.0 Å². The van der Waals surface area contributed by atoms with Crippen molar-refractivity contribution < 1.29 is 38.1 Å². The zero-order chi connectivity index (χ0) is 38.9. The Hall–Kier alpha value is -5.84. The molecule has 10 heteroatoms. The minimum Gasteiger partial charge on any atom is -0.497 e. The van der Waals surface area contributed by atoms with Crippen LogP contribution in [0.4, 0.5) is 0 Å². The zero-order valence-corrected chi connectivity index (χ0v) is 32.6. The van der Waals surface area contributed by atoms with Crippen molar-refractivity contribution in [1.29, 1.82) is 0 Å². The number of Topliss-reactive ketones (excluding diaryl/α,β-unsaturated/α-hetero) is 1. The van der Waals surface area contributed by atoms with Gasteiger partial charge in [-0.15, -0.1) is 22.7 Å². The second-order valence-electron chi connectivity index (χ2n) is 12.7. The van der Waals surface area contributed by atoms with Gasteiger partial charge in [-0.05, 0) is 96.3 Å². The van der Waals surface area contributed by atoms with Crippen molar-refractivity contribution in [2.45, 2.75) is 39.2 Å². The molecule has 6 aromatic rings. The highest BCUT2D eigenvalue weighted by Crippen LogP contribution is 2.40. The maximum absolute atomic E-state index is 13.7. The third kappa shape index (κ3) is 9.46. The Kier molecular flexibility index (Phi) is 12.7. The highest BCUT2D eigenvalue weighted by molar-refractivity contribution is 7.18. The van der Waals surface area contributed by atoms with Crippen LogP contribution in [0.25, 0.3) is 20.9 Å². The van der Waals surface area contributed by atoms with Gasteiger partial charge in [0.1, 0.15) is 17.6 Å². The van der Waals surface area contributed by atoms with Crippen molar-refractivity contribution >= 4 is 46.2 Å². The molecule has 8 nitrogen and oxygen atoms in total. The minimum absolute atomic E-state index is 0.0132. The Balaban J connectivity index is 1.27. The van der Waals surface area contributed by atoms with Gasteiger partial charge >= 0.3 is 11.9 Å². The van der Waals surface area contributed by atoms with E-state index in [0.29, 0.717) is 43.5 Å². The molecule has 0 bridgehead atoms. The van der Waals surface area contributed by atoms with Gasteiger partial charge in [-0.3, -0.25) is 19.2 Å². The Labute approximate surface area is 328 Å². The molecular weight excluding hydrogens is 733 g/mol. The number of rotatable bonds is 16. The van der Waals surface area contributed by atoms with Gasteiger partial charge in [0.25, 0.3) is 0 Å². The first kappa shape index (κ1) is 38.9. The van der Waals surface area contributed by atoms with Gasteiger partial charge in [0.15, 0.2) is 5.78 Å². The summed E-state index contributed by atoms with van der Waals surface area (Å²) in [5.41, 5.74) is 4.99. The van der Waals surface area contributed by atoms with Gasteiger partial charge in [0.05, 0.1) is 43.4 Å². The molecule has 4 aromatic carbocycles. The van der Waals surface area contributed by atoms with Gasteiger partial charge in [-0.1, -0.05) is 60.7 Å². The molecule has 0 radical (unpaired) electrons. The monoisotopic (exact) mass is 772 g/mol. The molecular formula is C45H40O8S2.